The van der Waals surface area contributed by atoms with Crippen molar-refractivity contribution in [2.75, 3.05) is 80.4 Å². The van der Waals surface area contributed by atoms with Crippen molar-refractivity contribution >= 4 is 11.9 Å². The summed E-state index contributed by atoms with van der Waals surface area (Å²) in [7, 11) is 4.58. The number of ether oxygens (including phenoxy) is 7. The van der Waals surface area contributed by atoms with Crippen LogP contribution in [0.15, 0.2) is 94.6 Å². The van der Waals surface area contributed by atoms with Gasteiger partial charge in [-0.1, -0.05) is 96.1 Å². The maximum absolute atomic E-state index is 13.2. The summed E-state index contributed by atoms with van der Waals surface area (Å²) in [5, 5.41) is 19.6. The Morgan fingerprint density at radius 1 is 0.731 bits per heavy atom. The van der Waals surface area contributed by atoms with Gasteiger partial charge in [-0.3, -0.25) is 19.1 Å². The molecule has 3 aromatic carbocycles. The number of methoxy groups -OCH3 is 3. The first-order valence-electron chi connectivity index (χ1n) is 22.8. The number of aromatic nitrogens is 2. The molecule has 1 aliphatic rings. The van der Waals surface area contributed by atoms with Gasteiger partial charge in [0.2, 0.25) is 0 Å². The molecule has 0 aliphatic carbocycles. The number of carboxylic acid groups (broad SMARTS) is 2. The predicted molar refractivity (Wildman–Crippen MR) is 255 cm³/mol. The summed E-state index contributed by atoms with van der Waals surface area (Å²) in [4.78, 5) is 56.6. The summed E-state index contributed by atoms with van der Waals surface area (Å²) < 4.78 is 42.9. The number of aromatic amines is 1. The molecule has 3 N–H and O–H groups in total. The molecule has 0 spiro atoms. The number of nitrogens with zero attached hydrogens (tertiary/aromatic N) is 3. The second kappa shape index (κ2) is 28.7. The maximum Gasteiger partial charge on any atom is 0.333 e. The summed E-state index contributed by atoms with van der Waals surface area (Å²) in [5.74, 6) is -1.72. The van der Waals surface area contributed by atoms with Crippen LogP contribution in [-0.2, 0) is 38.9 Å². The number of aliphatic carboxylic acids is 2. The maximum atomic E-state index is 13.2. The van der Waals surface area contributed by atoms with Gasteiger partial charge in [-0.25, -0.2) is 9.59 Å². The molecule has 67 heavy (non-hydrogen) atoms. The number of hydrogen-bond acceptors (Lipinski definition) is 13. The van der Waals surface area contributed by atoms with E-state index in [1.165, 1.54) is 59.5 Å². The average molecular weight is 937 g/mol. The largest absolute Gasteiger partial charge is 0.497 e. The van der Waals surface area contributed by atoms with Crippen molar-refractivity contribution in [3.63, 3.8) is 0 Å². The highest BCUT2D eigenvalue weighted by atomic mass is 16.6. The summed E-state index contributed by atoms with van der Waals surface area (Å²) in [5.41, 5.74) is -0.465. The van der Waals surface area contributed by atoms with E-state index in [9.17, 15) is 29.4 Å². The van der Waals surface area contributed by atoms with E-state index in [4.69, 9.17) is 33.2 Å². The molecule has 1 aliphatic heterocycles. The van der Waals surface area contributed by atoms with Crippen LogP contribution in [-0.4, -0.2) is 146 Å². The fourth-order valence-electron chi connectivity index (χ4n) is 7.62. The van der Waals surface area contributed by atoms with E-state index < -0.39 is 65.9 Å². The van der Waals surface area contributed by atoms with Crippen LogP contribution in [0.3, 0.4) is 0 Å². The molecule has 4 aromatic rings. The minimum atomic E-state index is -1.83. The second-order valence-electron chi connectivity index (χ2n) is 15.5. The number of benzene rings is 3. The molecule has 0 bridgehead atoms. The van der Waals surface area contributed by atoms with E-state index in [0.29, 0.717) is 22.6 Å². The molecular formula is C50H72N4O13. The third kappa shape index (κ3) is 15.6. The van der Waals surface area contributed by atoms with E-state index in [2.05, 4.69) is 56.3 Å². The van der Waals surface area contributed by atoms with Crippen molar-refractivity contribution in [3.05, 3.63) is 128 Å². The molecule has 2 heterocycles. The monoisotopic (exact) mass is 937 g/mol. The molecule has 17 heteroatoms. The zero-order valence-corrected chi connectivity index (χ0v) is 40.8. The van der Waals surface area contributed by atoms with E-state index >= 15 is 0 Å². The number of nitrogens with one attached hydrogen (secondary N) is 1. The predicted octanol–water partition coefficient (Wildman–Crippen LogP) is 5.81. The van der Waals surface area contributed by atoms with Crippen molar-refractivity contribution in [1.29, 1.82) is 0 Å². The quantitative estimate of drug-likeness (QED) is 0.0561. The Labute approximate surface area is 394 Å². The van der Waals surface area contributed by atoms with Crippen LogP contribution in [0.2, 0.25) is 0 Å². The lowest BCUT2D eigenvalue weighted by Crippen LogP contribution is -2.46. The number of aryl methyl sites for hydroxylation is 1. The highest BCUT2D eigenvalue weighted by Gasteiger charge is 2.51. The van der Waals surface area contributed by atoms with Gasteiger partial charge >= 0.3 is 17.6 Å². The lowest BCUT2D eigenvalue weighted by Gasteiger charge is -2.37. The molecule has 0 saturated carbocycles. The Morgan fingerprint density at radius 3 is 1.64 bits per heavy atom. The summed E-state index contributed by atoms with van der Waals surface area (Å²) in [6.45, 7) is 21.5. The molecule has 1 saturated heterocycles. The standard InChI is InChI=1S/C38H42N2O13.2C6H15N/c1-23-21-40(37(46)39-34(23)43)35-33(50-19-18-47-2)32(52-29(36(44)45)20-31(41)42)30(53-35)22-51-38(24-8-6-5-7-9-24,25-10-14-27(48-3)15-11-25)26-12-16-28(49-4)17-13-26;2*1-4-7(5-2)6-3/h5-17,21,29-30,32-33,35H,18-20,22H2,1-4H3,(H,41,42)(H,44,45)(H,39,43,46);2*4-6H2,1-3H3/t29?,30-,32-,33-,35-;;/m1../s1. The molecule has 1 unspecified atom stereocenters. The van der Waals surface area contributed by atoms with Crippen LogP contribution in [0.5, 0.6) is 11.5 Å². The Balaban J connectivity index is 0.000000737. The molecule has 370 valence electrons. The van der Waals surface area contributed by atoms with Gasteiger partial charge in [0, 0.05) is 18.9 Å². The molecule has 17 nitrogen and oxygen atoms in total. The zero-order valence-electron chi connectivity index (χ0n) is 40.8. The van der Waals surface area contributed by atoms with Gasteiger partial charge in [0.1, 0.15) is 35.4 Å². The van der Waals surface area contributed by atoms with Crippen LogP contribution < -0.4 is 20.7 Å². The summed E-state index contributed by atoms with van der Waals surface area (Å²) in [6.07, 6.45) is -6.36. The van der Waals surface area contributed by atoms with Crippen LogP contribution in [0.1, 0.15) is 76.4 Å². The van der Waals surface area contributed by atoms with E-state index in [0.717, 1.165) is 10.1 Å². The normalized spacial score (nSPS) is 17.3. The number of H-pyrrole nitrogens is 1. The van der Waals surface area contributed by atoms with Crippen molar-refractivity contribution in [1.82, 2.24) is 19.4 Å². The molecule has 1 fully saturated rings. The first-order valence-corrected chi connectivity index (χ1v) is 22.8. The van der Waals surface area contributed by atoms with E-state index in [-0.39, 0.29) is 25.4 Å². The molecule has 5 atom stereocenters. The number of rotatable bonds is 24. The topological polar surface area (TPSA) is 201 Å². The Bertz CT molecular complexity index is 2090. The highest BCUT2D eigenvalue weighted by molar-refractivity contribution is 5.79. The smallest absolute Gasteiger partial charge is 0.333 e. The van der Waals surface area contributed by atoms with Gasteiger partial charge in [0.25, 0.3) is 5.56 Å². The fraction of sp³-hybridized carbons (Fsp3) is 0.520. The lowest BCUT2D eigenvalue weighted by atomic mass is 9.80. The van der Waals surface area contributed by atoms with Gasteiger partial charge in [0.05, 0.1) is 40.5 Å². The first-order chi connectivity index (χ1) is 32.2. The third-order valence-corrected chi connectivity index (χ3v) is 11.6. The van der Waals surface area contributed by atoms with Crippen molar-refractivity contribution < 1.29 is 53.0 Å². The molecule has 0 radical (unpaired) electrons. The number of carboxylic acids is 2. The lowest BCUT2D eigenvalue weighted by molar-refractivity contribution is -0.171. The van der Waals surface area contributed by atoms with Gasteiger partial charge in [0.15, 0.2) is 12.3 Å². The van der Waals surface area contributed by atoms with Gasteiger partial charge in [-0.2, -0.15) is 0 Å². The van der Waals surface area contributed by atoms with Crippen molar-refractivity contribution in [2.45, 2.75) is 91.1 Å². The zero-order chi connectivity index (χ0) is 49.5. The van der Waals surface area contributed by atoms with Crippen LogP contribution in [0.4, 0.5) is 0 Å². The van der Waals surface area contributed by atoms with Gasteiger partial charge < -0.3 is 53.2 Å². The average Bonchev–Trinajstić information content (AvgIpc) is 3.68. The third-order valence-electron chi connectivity index (χ3n) is 11.6. The SMILES string of the molecule is CCN(CC)CC.CCN(CC)CC.COCCO[C@@H]1[C@H](OC(CC(=O)O)C(=O)O)[C@@H](COC(c2ccccc2)(c2ccc(OC)cc2)c2ccc(OC)cc2)O[C@H]1n1cc(C)c(=O)[nH]c1=O. The number of carbonyl (C=O) groups is 2. The van der Waals surface area contributed by atoms with Crippen LogP contribution in [0, 0.1) is 6.92 Å². The van der Waals surface area contributed by atoms with Gasteiger partial charge in [-0.15, -0.1) is 0 Å². The Morgan fingerprint density at radius 2 is 1.22 bits per heavy atom. The summed E-state index contributed by atoms with van der Waals surface area (Å²) >= 11 is 0. The first kappa shape index (κ1) is 55.9. The molecule has 0 amide bonds. The minimum Gasteiger partial charge on any atom is -0.497 e. The van der Waals surface area contributed by atoms with Gasteiger partial charge in [-0.05, 0) is 87.1 Å². The Hall–Kier alpha value is -5.40. The van der Waals surface area contributed by atoms with E-state index in [1.54, 1.807) is 38.5 Å². The minimum absolute atomic E-state index is 0.0339. The molecular weight excluding hydrogens is 865 g/mol. The molecule has 5 rings (SSSR count). The number of hydrogen-bond donors (Lipinski definition) is 3. The fourth-order valence-corrected chi connectivity index (χ4v) is 7.62. The van der Waals surface area contributed by atoms with Crippen molar-refractivity contribution in [2.24, 2.45) is 0 Å². The Kier molecular flexibility index (Phi) is 24.0. The van der Waals surface area contributed by atoms with E-state index in [1.807, 2.05) is 54.6 Å². The summed E-state index contributed by atoms with van der Waals surface area (Å²) in [6, 6.07) is 24.0. The van der Waals surface area contributed by atoms with Crippen molar-refractivity contribution in [3.8, 4) is 11.5 Å². The van der Waals surface area contributed by atoms with Crippen LogP contribution in [0.25, 0.3) is 0 Å². The molecule has 1 aromatic heterocycles. The highest BCUT2D eigenvalue weighted by Crippen LogP contribution is 2.43. The second-order valence-corrected chi connectivity index (χ2v) is 15.5. The van der Waals surface area contributed by atoms with Crippen LogP contribution >= 0.6 is 0 Å².